The number of hydrogen-bond donors (Lipinski definition) is 1. The number of rotatable bonds is 5. The van der Waals surface area contributed by atoms with Gasteiger partial charge in [0.25, 0.3) is 5.56 Å². The Morgan fingerprint density at radius 3 is 2.76 bits per heavy atom. The lowest BCUT2D eigenvalue weighted by Gasteiger charge is -2.13. The molecular weight excluding hydrogens is 314 g/mol. The lowest BCUT2D eigenvalue weighted by Crippen LogP contribution is -2.23. The van der Waals surface area contributed by atoms with Crippen molar-refractivity contribution in [3.05, 3.63) is 81.9 Å². The van der Waals surface area contributed by atoms with Crippen LogP contribution in [-0.2, 0) is 6.54 Å². The molecule has 0 bridgehead atoms. The number of ether oxygens (including phenoxy) is 1. The van der Waals surface area contributed by atoms with Gasteiger partial charge in [0.2, 0.25) is 0 Å². The van der Waals surface area contributed by atoms with Crippen LogP contribution in [0.3, 0.4) is 0 Å². The molecule has 0 aliphatic carbocycles. The fourth-order valence-electron chi connectivity index (χ4n) is 2.73. The molecule has 0 aliphatic rings. The summed E-state index contributed by atoms with van der Waals surface area (Å²) in [6, 6.07) is 13.7. The molecule has 3 aromatic rings. The van der Waals surface area contributed by atoms with Crippen molar-refractivity contribution in [2.24, 2.45) is 0 Å². The van der Waals surface area contributed by atoms with Crippen LogP contribution in [0.5, 0.6) is 5.75 Å². The molecule has 5 nitrogen and oxygen atoms in total. The van der Waals surface area contributed by atoms with Gasteiger partial charge < -0.3 is 10.1 Å². The normalized spacial score (nSPS) is 10.5. The predicted octanol–water partition coefficient (Wildman–Crippen LogP) is 3.47. The second-order valence-corrected chi connectivity index (χ2v) is 5.91. The van der Waals surface area contributed by atoms with E-state index in [1.54, 1.807) is 24.1 Å². The predicted molar refractivity (Wildman–Crippen MR) is 99.6 cm³/mol. The molecule has 0 fully saturated rings. The van der Waals surface area contributed by atoms with Gasteiger partial charge in [-0.3, -0.25) is 9.36 Å². The Bertz CT molecular complexity index is 948. The van der Waals surface area contributed by atoms with Crippen LogP contribution >= 0.6 is 0 Å². The first-order valence-corrected chi connectivity index (χ1v) is 8.11. The highest BCUT2D eigenvalue weighted by Crippen LogP contribution is 2.18. The third kappa shape index (κ3) is 3.55. The Kier molecular flexibility index (Phi) is 4.84. The minimum atomic E-state index is -0.175. The van der Waals surface area contributed by atoms with Gasteiger partial charge in [0.05, 0.1) is 12.8 Å². The van der Waals surface area contributed by atoms with Crippen molar-refractivity contribution in [1.82, 2.24) is 9.55 Å². The van der Waals surface area contributed by atoms with Crippen LogP contribution in [0.25, 0.3) is 5.69 Å². The van der Waals surface area contributed by atoms with E-state index in [0.29, 0.717) is 12.4 Å². The minimum Gasteiger partial charge on any atom is -0.496 e. The maximum Gasteiger partial charge on any atom is 0.297 e. The monoisotopic (exact) mass is 335 g/mol. The Hall–Kier alpha value is -3.08. The van der Waals surface area contributed by atoms with Crippen molar-refractivity contribution in [1.29, 1.82) is 0 Å². The molecule has 0 aliphatic heterocycles. The van der Waals surface area contributed by atoms with Crippen LogP contribution < -0.4 is 15.6 Å². The van der Waals surface area contributed by atoms with Crippen molar-refractivity contribution in [2.45, 2.75) is 20.4 Å². The molecule has 0 radical (unpaired) electrons. The summed E-state index contributed by atoms with van der Waals surface area (Å²) in [6.07, 6.45) is 3.33. The molecular formula is C20H21N3O2. The summed E-state index contributed by atoms with van der Waals surface area (Å²) in [5, 5.41) is 3.12. The van der Waals surface area contributed by atoms with Crippen molar-refractivity contribution in [3.63, 3.8) is 0 Å². The van der Waals surface area contributed by atoms with Gasteiger partial charge in [-0.05, 0) is 37.1 Å². The highest BCUT2D eigenvalue weighted by molar-refractivity contribution is 5.46. The lowest BCUT2D eigenvalue weighted by atomic mass is 10.1. The molecule has 2 aromatic carbocycles. The summed E-state index contributed by atoms with van der Waals surface area (Å²) in [7, 11) is 1.63. The standard InChI is InChI=1S/C20H21N3O2/c1-14-8-9-15(2)17(12-14)23-11-10-21-19(20(23)24)22-13-16-6-4-5-7-18(16)25-3/h4-12H,13H2,1-3H3,(H,21,22). The fourth-order valence-corrected chi connectivity index (χ4v) is 2.73. The number of hydrogen-bond acceptors (Lipinski definition) is 4. The van der Waals surface area contributed by atoms with E-state index in [9.17, 15) is 4.79 Å². The summed E-state index contributed by atoms with van der Waals surface area (Å²) in [5.41, 5.74) is 3.80. The number of benzene rings is 2. The van der Waals surface area contributed by atoms with E-state index >= 15 is 0 Å². The zero-order valence-corrected chi connectivity index (χ0v) is 14.6. The van der Waals surface area contributed by atoms with Crippen molar-refractivity contribution >= 4 is 5.82 Å². The summed E-state index contributed by atoms with van der Waals surface area (Å²) >= 11 is 0. The van der Waals surface area contributed by atoms with Crippen molar-refractivity contribution < 1.29 is 4.74 Å². The van der Waals surface area contributed by atoms with E-state index < -0.39 is 0 Å². The highest BCUT2D eigenvalue weighted by Gasteiger charge is 2.09. The molecule has 1 heterocycles. The first-order valence-electron chi connectivity index (χ1n) is 8.11. The largest absolute Gasteiger partial charge is 0.496 e. The van der Waals surface area contributed by atoms with Gasteiger partial charge in [0.1, 0.15) is 5.75 Å². The quantitative estimate of drug-likeness (QED) is 0.776. The van der Waals surface area contributed by atoms with Crippen LogP contribution in [0, 0.1) is 13.8 Å². The van der Waals surface area contributed by atoms with E-state index in [0.717, 1.165) is 28.1 Å². The first-order chi connectivity index (χ1) is 12.1. The van der Waals surface area contributed by atoms with Gasteiger partial charge in [-0.1, -0.05) is 30.3 Å². The Morgan fingerprint density at radius 1 is 1.16 bits per heavy atom. The SMILES string of the molecule is COc1ccccc1CNc1nccn(-c2cc(C)ccc2C)c1=O. The lowest BCUT2D eigenvalue weighted by molar-refractivity contribution is 0.410. The molecule has 0 saturated heterocycles. The fraction of sp³-hybridized carbons (Fsp3) is 0.200. The molecule has 1 aromatic heterocycles. The number of nitrogens with zero attached hydrogens (tertiary/aromatic N) is 2. The average molecular weight is 335 g/mol. The summed E-state index contributed by atoms with van der Waals surface area (Å²) < 4.78 is 6.97. The van der Waals surface area contributed by atoms with E-state index in [4.69, 9.17) is 4.74 Å². The minimum absolute atomic E-state index is 0.175. The van der Waals surface area contributed by atoms with E-state index in [1.807, 2.05) is 56.3 Å². The zero-order chi connectivity index (χ0) is 17.8. The molecule has 1 N–H and O–H groups in total. The summed E-state index contributed by atoms with van der Waals surface area (Å²) in [4.78, 5) is 17.0. The van der Waals surface area contributed by atoms with Gasteiger partial charge in [0, 0.05) is 24.5 Å². The van der Waals surface area contributed by atoms with Crippen molar-refractivity contribution in [2.75, 3.05) is 12.4 Å². The van der Waals surface area contributed by atoms with Crippen LogP contribution in [0.1, 0.15) is 16.7 Å². The number of aromatic nitrogens is 2. The topological polar surface area (TPSA) is 56.1 Å². The average Bonchev–Trinajstić information content (AvgIpc) is 2.63. The number of anilines is 1. The molecule has 128 valence electrons. The van der Waals surface area contributed by atoms with Gasteiger partial charge in [0.15, 0.2) is 5.82 Å². The van der Waals surface area contributed by atoms with E-state index in [-0.39, 0.29) is 5.56 Å². The number of para-hydroxylation sites is 1. The molecule has 0 unspecified atom stereocenters. The Morgan fingerprint density at radius 2 is 1.96 bits per heavy atom. The Balaban J connectivity index is 1.92. The van der Waals surface area contributed by atoms with Crippen LogP contribution in [0.4, 0.5) is 5.82 Å². The molecule has 25 heavy (non-hydrogen) atoms. The maximum absolute atomic E-state index is 12.8. The zero-order valence-electron chi connectivity index (χ0n) is 14.6. The second kappa shape index (κ2) is 7.21. The third-order valence-corrected chi connectivity index (χ3v) is 4.10. The molecule has 0 spiro atoms. The van der Waals surface area contributed by atoms with Gasteiger partial charge in [-0.25, -0.2) is 4.98 Å². The number of aryl methyl sites for hydroxylation is 2. The molecule has 3 rings (SSSR count). The van der Waals surface area contributed by atoms with Crippen LogP contribution in [-0.4, -0.2) is 16.7 Å². The van der Waals surface area contributed by atoms with Crippen LogP contribution in [0.15, 0.2) is 59.7 Å². The smallest absolute Gasteiger partial charge is 0.297 e. The molecule has 0 atom stereocenters. The molecule has 5 heteroatoms. The Labute approximate surface area is 146 Å². The van der Waals surface area contributed by atoms with Gasteiger partial charge in [-0.2, -0.15) is 0 Å². The van der Waals surface area contributed by atoms with Gasteiger partial charge in [-0.15, -0.1) is 0 Å². The first kappa shape index (κ1) is 16.8. The summed E-state index contributed by atoms with van der Waals surface area (Å²) in [6.45, 7) is 4.46. The third-order valence-electron chi connectivity index (χ3n) is 4.10. The second-order valence-electron chi connectivity index (χ2n) is 5.91. The van der Waals surface area contributed by atoms with E-state index in [2.05, 4.69) is 10.3 Å². The molecule has 0 amide bonds. The highest BCUT2D eigenvalue weighted by atomic mass is 16.5. The number of methoxy groups -OCH3 is 1. The maximum atomic E-state index is 12.8. The van der Waals surface area contributed by atoms with Crippen molar-refractivity contribution in [3.8, 4) is 11.4 Å². The number of nitrogens with one attached hydrogen (secondary N) is 1. The molecule has 0 saturated carbocycles. The van der Waals surface area contributed by atoms with E-state index in [1.165, 1.54) is 0 Å². The summed E-state index contributed by atoms with van der Waals surface area (Å²) in [5.74, 6) is 1.09. The van der Waals surface area contributed by atoms with Gasteiger partial charge >= 0.3 is 0 Å². The van der Waals surface area contributed by atoms with Crippen LogP contribution in [0.2, 0.25) is 0 Å².